The summed E-state index contributed by atoms with van der Waals surface area (Å²) >= 11 is 6.01. The zero-order valence-corrected chi connectivity index (χ0v) is 14.8. The highest BCUT2D eigenvalue weighted by Gasteiger charge is 2.23. The molecular formula is C20H13ClN6. The van der Waals surface area contributed by atoms with Crippen LogP contribution >= 0.6 is 11.6 Å². The quantitative estimate of drug-likeness (QED) is 0.449. The molecule has 0 fully saturated rings. The van der Waals surface area contributed by atoms with Crippen molar-refractivity contribution in [3.8, 4) is 0 Å². The number of hydrogen-bond acceptors (Lipinski definition) is 5. The number of fused-ring (bicyclic) bond motifs is 2. The number of pyridine rings is 2. The van der Waals surface area contributed by atoms with E-state index in [1.165, 1.54) is 0 Å². The lowest BCUT2D eigenvalue weighted by molar-refractivity contribution is 0.774. The lowest BCUT2D eigenvalue weighted by Gasteiger charge is -2.16. The van der Waals surface area contributed by atoms with Crippen LogP contribution in [0.3, 0.4) is 0 Å². The summed E-state index contributed by atoms with van der Waals surface area (Å²) in [5, 5.41) is 14.6. The van der Waals surface area contributed by atoms with Gasteiger partial charge < -0.3 is 0 Å². The Morgan fingerprint density at radius 2 is 1.81 bits per heavy atom. The molecule has 4 heterocycles. The van der Waals surface area contributed by atoms with Crippen LogP contribution in [0.1, 0.15) is 22.9 Å². The number of aromatic nitrogens is 6. The van der Waals surface area contributed by atoms with Gasteiger partial charge in [0, 0.05) is 24.0 Å². The monoisotopic (exact) mass is 372 g/mol. The average Bonchev–Trinajstić information content (AvgIpc) is 3.13. The number of rotatable bonds is 3. The van der Waals surface area contributed by atoms with Crippen molar-refractivity contribution in [2.75, 3.05) is 0 Å². The van der Waals surface area contributed by atoms with Gasteiger partial charge in [-0.05, 0) is 53.6 Å². The van der Waals surface area contributed by atoms with Crippen molar-refractivity contribution in [1.82, 2.24) is 29.8 Å². The Balaban J connectivity index is 1.75. The third-order valence-corrected chi connectivity index (χ3v) is 4.70. The lowest BCUT2D eigenvalue weighted by Crippen LogP contribution is -2.10. The first-order chi connectivity index (χ1) is 13.3. The third-order valence-electron chi connectivity index (χ3n) is 4.49. The maximum Gasteiger partial charge on any atom is 0.177 e. The van der Waals surface area contributed by atoms with Gasteiger partial charge >= 0.3 is 0 Å². The molecule has 0 radical (unpaired) electrons. The van der Waals surface area contributed by atoms with Crippen LogP contribution in [0.15, 0.2) is 73.2 Å². The molecule has 5 aromatic rings. The van der Waals surface area contributed by atoms with Crippen LogP contribution in [0.4, 0.5) is 0 Å². The molecule has 7 heteroatoms. The zero-order valence-electron chi connectivity index (χ0n) is 14.1. The van der Waals surface area contributed by atoms with E-state index in [1.807, 2.05) is 48.7 Å². The molecule has 130 valence electrons. The Kier molecular flexibility index (Phi) is 3.76. The van der Waals surface area contributed by atoms with E-state index < -0.39 is 0 Å². The summed E-state index contributed by atoms with van der Waals surface area (Å²) in [6.45, 7) is 0. The maximum atomic E-state index is 6.01. The minimum atomic E-state index is -0.163. The molecule has 6 nitrogen and oxygen atoms in total. The summed E-state index contributed by atoms with van der Waals surface area (Å²) < 4.78 is 1.77. The molecule has 0 saturated heterocycles. The highest BCUT2D eigenvalue weighted by Crippen LogP contribution is 2.32. The number of benzene rings is 1. The summed E-state index contributed by atoms with van der Waals surface area (Å²) in [4.78, 5) is 8.66. The first kappa shape index (κ1) is 15.8. The van der Waals surface area contributed by atoms with E-state index in [4.69, 9.17) is 11.6 Å². The molecule has 0 aliphatic heterocycles. The van der Waals surface area contributed by atoms with E-state index in [0.29, 0.717) is 10.8 Å². The molecule has 1 unspecified atom stereocenters. The minimum absolute atomic E-state index is 0.163. The first-order valence-electron chi connectivity index (χ1n) is 8.42. The van der Waals surface area contributed by atoms with Gasteiger partial charge in [0.2, 0.25) is 0 Å². The molecule has 0 N–H and O–H groups in total. The highest BCUT2D eigenvalue weighted by atomic mass is 35.5. The van der Waals surface area contributed by atoms with Crippen molar-refractivity contribution >= 4 is 28.2 Å². The molecule has 1 aromatic carbocycles. The van der Waals surface area contributed by atoms with Crippen LogP contribution in [-0.4, -0.2) is 29.8 Å². The van der Waals surface area contributed by atoms with Crippen molar-refractivity contribution in [1.29, 1.82) is 0 Å². The van der Waals surface area contributed by atoms with Crippen molar-refractivity contribution < 1.29 is 0 Å². The van der Waals surface area contributed by atoms with E-state index in [9.17, 15) is 0 Å². The fraction of sp³-hybridized carbons (Fsp3) is 0.0500. The molecule has 0 amide bonds. The normalized spacial score (nSPS) is 12.5. The van der Waals surface area contributed by atoms with Crippen LogP contribution in [0.5, 0.6) is 0 Å². The van der Waals surface area contributed by atoms with Gasteiger partial charge in [0.1, 0.15) is 5.15 Å². The van der Waals surface area contributed by atoms with Gasteiger partial charge in [-0.1, -0.05) is 23.7 Å². The molecule has 0 saturated carbocycles. The Bertz CT molecular complexity index is 1250. The second-order valence-corrected chi connectivity index (χ2v) is 6.54. The van der Waals surface area contributed by atoms with Crippen LogP contribution in [0.25, 0.3) is 16.6 Å². The summed E-state index contributed by atoms with van der Waals surface area (Å²) in [5.74, 6) is 0.573. The second-order valence-electron chi connectivity index (χ2n) is 6.16. The Hall–Kier alpha value is -3.38. The maximum absolute atomic E-state index is 6.01. The summed E-state index contributed by atoms with van der Waals surface area (Å²) in [6.07, 6.45) is 5.33. The van der Waals surface area contributed by atoms with Crippen molar-refractivity contribution in [3.05, 3.63) is 95.3 Å². The second kappa shape index (κ2) is 6.41. The van der Waals surface area contributed by atoms with Crippen molar-refractivity contribution in [2.45, 2.75) is 5.92 Å². The molecular weight excluding hydrogens is 360 g/mol. The highest BCUT2D eigenvalue weighted by molar-refractivity contribution is 6.29. The summed E-state index contributed by atoms with van der Waals surface area (Å²) in [5.41, 5.74) is 3.62. The van der Waals surface area contributed by atoms with E-state index in [2.05, 4.69) is 31.3 Å². The predicted molar refractivity (Wildman–Crippen MR) is 103 cm³/mol. The molecule has 0 spiro atoms. The van der Waals surface area contributed by atoms with E-state index in [0.717, 1.165) is 27.9 Å². The largest absolute Gasteiger partial charge is 0.264 e. The Morgan fingerprint density at radius 1 is 0.889 bits per heavy atom. The van der Waals surface area contributed by atoms with E-state index >= 15 is 0 Å². The number of hydrogen-bond donors (Lipinski definition) is 0. The predicted octanol–water partition coefficient (Wildman–Crippen LogP) is 3.90. The van der Waals surface area contributed by atoms with Crippen molar-refractivity contribution in [2.24, 2.45) is 0 Å². The first-order valence-corrected chi connectivity index (χ1v) is 8.80. The van der Waals surface area contributed by atoms with Gasteiger partial charge in [-0.25, -0.2) is 4.98 Å². The van der Waals surface area contributed by atoms with E-state index in [-0.39, 0.29) is 5.92 Å². The fourth-order valence-corrected chi connectivity index (χ4v) is 3.43. The zero-order chi connectivity index (χ0) is 18.2. The topological polar surface area (TPSA) is 68.9 Å². The van der Waals surface area contributed by atoms with Crippen LogP contribution in [-0.2, 0) is 0 Å². The fourth-order valence-electron chi connectivity index (χ4n) is 3.28. The van der Waals surface area contributed by atoms with Gasteiger partial charge in [0.05, 0.1) is 11.4 Å². The standard InChI is InChI=1S/C20H13ClN6/c21-17-8-6-13-11-14(5-7-16(13)24-17)19(15-3-1-9-22-12-15)20-26-25-18-4-2-10-23-27(18)20/h1-12,19H. The van der Waals surface area contributed by atoms with Gasteiger partial charge in [0.15, 0.2) is 11.5 Å². The van der Waals surface area contributed by atoms with Gasteiger partial charge in [0.25, 0.3) is 0 Å². The molecule has 0 aliphatic rings. The molecule has 1 atom stereocenters. The molecule has 27 heavy (non-hydrogen) atoms. The molecule has 4 aromatic heterocycles. The van der Waals surface area contributed by atoms with Gasteiger partial charge in [-0.2, -0.15) is 9.61 Å². The van der Waals surface area contributed by atoms with Gasteiger partial charge in [-0.15, -0.1) is 10.2 Å². The van der Waals surface area contributed by atoms with Crippen LogP contribution in [0.2, 0.25) is 5.15 Å². The van der Waals surface area contributed by atoms with Gasteiger partial charge in [-0.3, -0.25) is 4.98 Å². The molecule has 0 bridgehead atoms. The summed E-state index contributed by atoms with van der Waals surface area (Å²) in [7, 11) is 0. The SMILES string of the molecule is Clc1ccc2cc(C(c3cccnc3)c3nnc4cccnn34)ccc2n1. The van der Waals surface area contributed by atoms with Crippen molar-refractivity contribution in [3.63, 3.8) is 0 Å². The minimum Gasteiger partial charge on any atom is -0.264 e. The lowest BCUT2D eigenvalue weighted by atomic mass is 9.91. The summed E-state index contributed by atoms with van der Waals surface area (Å²) in [6, 6.07) is 17.5. The van der Waals surface area contributed by atoms with Crippen LogP contribution < -0.4 is 0 Å². The average molecular weight is 373 g/mol. The molecule has 0 aliphatic carbocycles. The third kappa shape index (κ3) is 2.80. The number of nitrogens with zero attached hydrogens (tertiary/aromatic N) is 6. The molecule has 5 rings (SSSR count). The number of halogens is 1. The Morgan fingerprint density at radius 3 is 2.70 bits per heavy atom. The smallest absolute Gasteiger partial charge is 0.177 e. The van der Waals surface area contributed by atoms with E-state index in [1.54, 1.807) is 23.0 Å². The van der Waals surface area contributed by atoms with Crippen LogP contribution in [0, 0.1) is 0 Å². The Labute approximate surface area is 159 Å².